The Morgan fingerprint density at radius 1 is 1.33 bits per heavy atom. The lowest BCUT2D eigenvalue weighted by atomic mass is 10.1. The zero-order chi connectivity index (χ0) is 17.1. The molecule has 130 valence electrons. The zero-order valence-corrected chi connectivity index (χ0v) is 14.6. The van der Waals surface area contributed by atoms with Gasteiger partial charge in [-0.2, -0.15) is 0 Å². The van der Waals surface area contributed by atoms with E-state index in [0.29, 0.717) is 13.0 Å². The SMILES string of the molecule is CNCC1CCCN1C(=O)C1CC(=O)N(C(C)c2ccccc2)C1. The molecular formula is C19H27N3O2. The summed E-state index contributed by atoms with van der Waals surface area (Å²) in [5.41, 5.74) is 1.12. The largest absolute Gasteiger partial charge is 0.338 e. The molecule has 5 heteroatoms. The van der Waals surface area contributed by atoms with Crippen molar-refractivity contribution in [1.82, 2.24) is 15.1 Å². The minimum absolute atomic E-state index is 0.0168. The molecule has 3 unspecified atom stereocenters. The first-order valence-electron chi connectivity index (χ1n) is 8.91. The topological polar surface area (TPSA) is 52.7 Å². The van der Waals surface area contributed by atoms with E-state index in [9.17, 15) is 9.59 Å². The number of hydrogen-bond acceptors (Lipinski definition) is 3. The van der Waals surface area contributed by atoms with Crippen molar-refractivity contribution in [1.29, 1.82) is 0 Å². The van der Waals surface area contributed by atoms with Crippen LogP contribution in [0.25, 0.3) is 0 Å². The summed E-state index contributed by atoms with van der Waals surface area (Å²) in [6.45, 7) is 4.23. The van der Waals surface area contributed by atoms with Crippen molar-refractivity contribution >= 4 is 11.8 Å². The highest BCUT2D eigenvalue weighted by Crippen LogP contribution is 2.31. The van der Waals surface area contributed by atoms with Crippen LogP contribution in [-0.2, 0) is 9.59 Å². The molecule has 1 aromatic rings. The number of likely N-dealkylation sites (N-methyl/N-ethyl adjacent to an activating group) is 1. The van der Waals surface area contributed by atoms with Crippen molar-refractivity contribution in [2.45, 2.75) is 38.3 Å². The second-order valence-electron chi connectivity index (χ2n) is 6.92. The number of amides is 2. The van der Waals surface area contributed by atoms with Gasteiger partial charge in [0.2, 0.25) is 11.8 Å². The summed E-state index contributed by atoms with van der Waals surface area (Å²) in [6.07, 6.45) is 2.46. The Balaban J connectivity index is 1.67. The molecule has 0 bridgehead atoms. The first-order valence-corrected chi connectivity index (χ1v) is 8.91. The number of benzene rings is 1. The minimum atomic E-state index is -0.193. The van der Waals surface area contributed by atoms with E-state index >= 15 is 0 Å². The van der Waals surface area contributed by atoms with Gasteiger partial charge < -0.3 is 15.1 Å². The molecule has 24 heavy (non-hydrogen) atoms. The van der Waals surface area contributed by atoms with Crippen LogP contribution < -0.4 is 5.32 Å². The molecule has 2 heterocycles. The minimum Gasteiger partial charge on any atom is -0.338 e. The molecule has 1 aromatic carbocycles. The fraction of sp³-hybridized carbons (Fsp3) is 0.579. The predicted molar refractivity (Wildman–Crippen MR) is 93.3 cm³/mol. The van der Waals surface area contributed by atoms with Crippen molar-refractivity contribution in [3.05, 3.63) is 35.9 Å². The highest BCUT2D eigenvalue weighted by Gasteiger charge is 2.41. The van der Waals surface area contributed by atoms with Crippen LogP contribution in [0.1, 0.15) is 37.8 Å². The van der Waals surface area contributed by atoms with E-state index in [1.165, 1.54) is 0 Å². The molecule has 0 radical (unpaired) electrons. The molecule has 0 spiro atoms. The van der Waals surface area contributed by atoms with Gasteiger partial charge in [-0.3, -0.25) is 9.59 Å². The average molecular weight is 329 g/mol. The molecule has 2 aliphatic rings. The molecule has 2 amide bonds. The summed E-state index contributed by atoms with van der Waals surface area (Å²) in [5.74, 6) is 0.0547. The maximum Gasteiger partial charge on any atom is 0.228 e. The number of rotatable bonds is 5. The zero-order valence-electron chi connectivity index (χ0n) is 14.6. The summed E-state index contributed by atoms with van der Waals surface area (Å²) in [7, 11) is 1.92. The Morgan fingerprint density at radius 2 is 2.08 bits per heavy atom. The van der Waals surface area contributed by atoms with Gasteiger partial charge in [-0.15, -0.1) is 0 Å². The summed E-state index contributed by atoms with van der Waals surface area (Å²) in [4.78, 5) is 29.2. The first-order chi connectivity index (χ1) is 11.6. The normalized spacial score (nSPS) is 25.3. The lowest BCUT2D eigenvalue weighted by Crippen LogP contribution is -2.44. The molecule has 3 rings (SSSR count). The van der Waals surface area contributed by atoms with Gasteiger partial charge in [0.05, 0.1) is 12.0 Å². The van der Waals surface area contributed by atoms with Crippen LogP contribution >= 0.6 is 0 Å². The third-order valence-corrected chi connectivity index (χ3v) is 5.36. The quantitative estimate of drug-likeness (QED) is 0.896. The van der Waals surface area contributed by atoms with Crippen LogP contribution in [0.5, 0.6) is 0 Å². The summed E-state index contributed by atoms with van der Waals surface area (Å²) >= 11 is 0. The average Bonchev–Trinajstić information content (AvgIpc) is 3.21. The fourth-order valence-corrected chi connectivity index (χ4v) is 3.99. The Morgan fingerprint density at radius 3 is 2.79 bits per heavy atom. The van der Waals surface area contributed by atoms with E-state index in [1.807, 2.05) is 54.1 Å². The van der Waals surface area contributed by atoms with Gasteiger partial charge in [0.1, 0.15) is 0 Å². The van der Waals surface area contributed by atoms with Crippen molar-refractivity contribution in [3.63, 3.8) is 0 Å². The Labute approximate surface area is 144 Å². The highest BCUT2D eigenvalue weighted by atomic mass is 16.2. The van der Waals surface area contributed by atoms with Gasteiger partial charge in [-0.1, -0.05) is 30.3 Å². The van der Waals surface area contributed by atoms with Crippen LogP contribution in [-0.4, -0.2) is 54.3 Å². The molecule has 2 fully saturated rings. The van der Waals surface area contributed by atoms with E-state index in [4.69, 9.17) is 0 Å². The number of nitrogens with zero attached hydrogens (tertiary/aromatic N) is 2. The molecule has 0 aromatic heterocycles. The van der Waals surface area contributed by atoms with Crippen LogP contribution in [0, 0.1) is 5.92 Å². The molecule has 2 saturated heterocycles. The third-order valence-electron chi connectivity index (χ3n) is 5.36. The Hall–Kier alpha value is -1.88. The van der Waals surface area contributed by atoms with E-state index in [2.05, 4.69) is 5.32 Å². The van der Waals surface area contributed by atoms with Crippen molar-refractivity contribution in [3.8, 4) is 0 Å². The van der Waals surface area contributed by atoms with Crippen LogP contribution in [0.15, 0.2) is 30.3 Å². The number of carbonyl (C=O) groups is 2. The monoisotopic (exact) mass is 329 g/mol. The maximum absolute atomic E-state index is 12.9. The van der Waals surface area contributed by atoms with Crippen molar-refractivity contribution in [2.75, 3.05) is 26.7 Å². The molecular weight excluding hydrogens is 302 g/mol. The van der Waals surface area contributed by atoms with Gasteiger partial charge in [0, 0.05) is 32.1 Å². The Bertz CT molecular complexity index is 590. The molecule has 0 saturated carbocycles. The van der Waals surface area contributed by atoms with Crippen LogP contribution in [0.3, 0.4) is 0 Å². The van der Waals surface area contributed by atoms with E-state index in [0.717, 1.165) is 31.5 Å². The van der Waals surface area contributed by atoms with Gasteiger partial charge in [-0.25, -0.2) is 0 Å². The lowest BCUT2D eigenvalue weighted by molar-refractivity contribution is -0.136. The van der Waals surface area contributed by atoms with Crippen LogP contribution in [0.4, 0.5) is 0 Å². The molecule has 3 atom stereocenters. The van der Waals surface area contributed by atoms with Crippen molar-refractivity contribution < 1.29 is 9.59 Å². The van der Waals surface area contributed by atoms with Gasteiger partial charge in [0.25, 0.3) is 0 Å². The molecule has 2 aliphatic heterocycles. The summed E-state index contributed by atoms with van der Waals surface area (Å²) in [6, 6.07) is 10.3. The van der Waals surface area contributed by atoms with Gasteiger partial charge >= 0.3 is 0 Å². The number of hydrogen-bond donors (Lipinski definition) is 1. The highest BCUT2D eigenvalue weighted by molar-refractivity contribution is 5.89. The third kappa shape index (κ3) is 3.31. The van der Waals surface area contributed by atoms with Gasteiger partial charge in [-0.05, 0) is 32.4 Å². The molecule has 1 N–H and O–H groups in total. The fourth-order valence-electron chi connectivity index (χ4n) is 3.99. The lowest BCUT2D eigenvalue weighted by Gasteiger charge is -2.28. The predicted octanol–water partition coefficient (Wildman–Crippen LogP) is 1.81. The second kappa shape index (κ2) is 7.34. The number of carbonyl (C=O) groups excluding carboxylic acids is 2. The Kier molecular flexibility index (Phi) is 5.19. The maximum atomic E-state index is 12.9. The number of nitrogens with one attached hydrogen (secondary N) is 1. The van der Waals surface area contributed by atoms with Crippen LogP contribution in [0.2, 0.25) is 0 Å². The summed E-state index contributed by atoms with van der Waals surface area (Å²) < 4.78 is 0. The molecule has 5 nitrogen and oxygen atoms in total. The molecule has 0 aliphatic carbocycles. The first kappa shape index (κ1) is 17.0. The second-order valence-corrected chi connectivity index (χ2v) is 6.92. The van der Waals surface area contributed by atoms with E-state index in [-0.39, 0.29) is 29.8 Å². The smallest absolute Gasteiger partial charge is 0.228 e. The van der Waals surface area contributed by atoms with Crippen molar-refractivity contribution in [2.24, 2.45) is 5.92 Å². The number of likely N-dealkylation sites (tertiary alicyclic amines) is 2. The standard InChI is InChI=1S/C19H27N3O2/c1-14(15-7-4-3-5-8-15)22-13-16(11-18(22)23)19(24)21-10-6-9-17(21)12-20-2/h3-5,7-8,14,16-17,20H,6,9-13H2,1-2H3. The van der Waals surface area contributed by atoms with E-state index in [1.54, 1.807) is 0 Å². The van der Waals surface area contributed by atoms with Gasteiger partial charge in [0.15, 0.2) is 0 Å². The van der Waals surface area contributed by atoms with E-state index < -0.39 is 0 Å². The summed E-state index contributed by atoms with van der Waals surface area (Å²) in [5, 5.41) is 3.17.